The molecule has 53 heteroatoms. The Labute approximate surface area is 485 Å². The summed E-state index contributed by atoms with van der Waals surface area (Å²) in [5, 5.41) is 0. The number of unbranched alkanes of at least 4 members (excludes halogenated alkanes) is 5. The summed E-state index contributed by atoms with van der Waals surface area (Å²) in [6, 6.07) is 0. The maximum Gasteiger partial charge on any atom is 0.397 e. The van der Waals surface area contributed by atoms with Crippen LogP contribution < -0.4 is 0 Å². The Morgan fingerprint density at radius 2 is 0.471 bits per heavy atom. The normalized spacial score (nSPS) is 35.4. The maximum atomic E-state index is 12.6. The molecule has 0 unspecified atom stereocenters. The lowest BCUT2D eigenvalue weighted by Gasteiger charge is -2.50. The average Bonchev–Trinajstić information content (AvgIpc) is 1.78. The fourth-order valence-corrected chi connectivity index (χ4v) is 13.2. The molecule has 20 atom stereocenters. The molecule has 4 aliphatic rings. The van der Waals surface area contributed by atoms with Gasteiger partial charge in [0.25, 0.3) is 0 Å². The summed E-state index contributed by atoms with van der Waals surface area (Å²) in [5.74, 6) is 0. The molecule has 0 spiro atoms. The molecular formula is C32H58O44S9. The average molecular weight is 1440 g/mol. The first-order valence-electron chi connectivity index (χ1n) is 23.4. The lowest BCUT2D eigenvalue weighted by atomic mass is 9.96. The second-order valence-corrected chi connectivity index (χ2v) is 27.6. The van der Waals surface area contributed by atoms with Crippen LogP contribution in [0, 0.1) is 0 Å². The minimum Gasteiger partial charge on any atom is -0.350 e. The molecule has 4 heterocycles. The minimum atomic E-state index is -6.19. The topological polar surface area (TPSA) is 646 Å². The highest BCUT2D eigenvalue weighted by Gasteiger charge is 2.61. The van der Waals surface area contributed by atoms with E-state index in [1.807, 2.05) is 6.92 Å². The van der Waals surface area contributed by atoms with Gasteiger partial charge in [-0.05, 0) is 34.1 Å². The summed E-state index contributed by atoms with van der Waals surface area (Å²) < 4.78 is 394. The minimum absolute atomic E-state index is 0.236. The zero-order chi connectivity index (χ0) is 65.0. The molecule has 4 saturated heterocycles. The van der Waals surface area contributed by atoms with E-state index in [1.54, 1.807) is 0 Å². The number of ether oxygens (including phenoxy) is 8. The summed E-state index contributed by atoms with van der Waals surface area (Å²) in [7, 11) is -54.1. The number of hydrogen-bond acceptors (Lipinski definition) is 35. The Morgan fingerprint density at radius 1 is 0.271 bits per heavy atom. The molecule has 0 aliphatic carbocycles. The van der Waals surface area contributed by atoms with Crippen molar-refractivity contribution >= 4 is 93.6 Å². The van der Waals surface area contributed by atoms with Crippen LogP contribution in [0.2, 0.25) is 0 Å². The van der Waals surface area contributed by atoms with Gasteiger partial charge in [-0.25, -0.2) is 37.6 Å². The standard InChI is InChI=1S/C32H58O44S9/c1-6-7-8-9-10-11-12-60-29-25(73-82(48,49)50)21(69-78(36,37)38)17(13(2)61-29)65-30-26(74-83(51,52)53)22(70-79(39,40)41)18(14(3)62-30)66-31-27(75-84(54,55)56)23(71-80(42,43)44)19(15(4)63-31)67-32-28(76-85(57,58)59)24(72-81(45,46)47)20(16(5)64-32)68-77(33,34)35/h13-32H,6-12H2,1-5H3,(H,33,34,35)(H,36,37,38)(H,39,40,41)(H,42,43,44)(H,45,46,47)(H,48,49,50)(H,51,52,53)(H,54,55,56)(H,57,58,59)/t13-,14-,15-,16-,17+,18+,19+,20+,21+,22+,23+,24+,25-,26-,27-,28-,29-,30-,31-,32-/m0/s1. The summed E-state index contributed by atoms with van der Waals surface area (Å²) >= 11 is 0. The quantitative estimate of drug-likeness (QED) is 0.0230. The van der Waals surface area contributed by atoms with E-state index in [4.69, 9.17) is 37.9 Å². The third-order valence-corrected chi connectivity index (χ3v) is 15.8. The largest absolute Gasteiger partial charge is 0.397 e. The molecule has 9 N–H and O–H groups in total. The monoisotopic (exact) mass is 1430 g/mol. The van der Waals surface area contributed by atoms with Gasteiger partial charge in [-0.1, -0.05) is 39.0 Å². The van der Waals surface area contributed by atoms with E-state index < -0.39 is 216 Å². The molecule has 4 fully saturated rings. The first kappa shape index (κ1) is 76.0. The number of hydrogen-bond donors (Lipinski definition) is 9. The van der Waals surface area contributed by atoms with Gasteiger partial charge in [0.2, 0.25) is 0 Å². The van der Waals surface area contributed by atoms with Gasteiger partial charge in [-0.15, -0.1) is 0 Å². The zero-order valence-corrected chi connectivity index (χ0v) is 50.8. The molecule has 4 rings (SSSR count). The van der Waals surface area contributed by atoms with Gasteiger partial charge in [0.1, 0.15) is 48.8 Å². The van der Waals surface area contributed by atoms with Gasteiger partial charge < -0.3 is 37.9 Å². The Morgan fingerprint density at radius 3 is 0.741 bits per heavy atom. The molecule has 85 heavy (non-hydrogen) atoms. The SMILES string of the molecule is CCCCCCCCO[C@H]1O[C@@H](C)[C@@H](O[C@@H]2O[C@@H](C)[C@@H](O[C@@H]3O[C@@H](C)[C@@H](O[C@@H]4O[C@@H](C)[C@@H](OS(=O)(=O)O)[C@@H](OS(=O)(=O)O)[C@@H]4OS(=O)(=O)O)[C@@H](OS(=O)(=O)O)[C@@H]3OS(=O)(=O)O)[C@@H](OS(=O)(=O)O)[C@@H]2OS(=O)(=O)O)[C@@H](OS(=O)(=O)O)[C@@H]1OS(=O)(=O)O. The van der Waals surface area contributed by atoms with Gasteiger partial charge in [0.15, 0.2) is 49.6 Å². The van der Waals surface area contributed by atoms with Crippen molar-refractivity contribution in [3.05, 3.63) is 0 Å². The van der Waals surface area contributed by atoms with Crippen molar-refractivity contribution in [2.75, 3.05) is 6.61 Å². The van der Waals surface area contributed by atoms with Crippen molar-refractivity contribution in [3.63, 3.8) is 0 Å². The Bertz CT molecular complexity index is 3290. The highest BCUT2D eigenvalue weighted by molar-refractivity contribution is 7.82. The third kappa shape index (κ3) is 25.6. The molecule has 0 aromatic rings. The van der Waals surface area contributed by atoms with Crippen LogP contribution in [-0.2, 0) is 169 Å². The fourth-order valence-electron chi connectivity index (χ4n) is 8.71. The first-order chi connectivity index (χ1) is 38.3. The molecule has 4 aliphatic heterocycles. The first-order valence-corrected chi connectivity index (χ1v) is 35.7. The van der Waals surface area contributed by atoms with Crippen molar-refractivity contribution in [1.82, 2.24) is 0 Å². The summed E-state index contributed by atoms with van der Waals surface area (Å²) in [6.07, 6.45) is -49.7. The molecule has 0 amide bonds. The molecule has 0 aromatic carbocycles. The van der Waals surface area contributed by atoms with Gasteiger partial charge in [0.05, 0.1) is 24.4 Å². The summed E-state index contributed by atoms with van der Waals surface area (Å²) in [4.78, 5) is 0. The molecular weight excluding hydrogens is 1380 g/mol. The van der Waals surface area contributed by atoms with Crippen LogP contribution in [0.5, 0.6) is 0 Å². The van der Waals surface area contributed by atoms with Crippen LogP contribution in [0.3, 0.4) is 0 Å². The van der Waals surface area contributed by atoms with Gasteiger partial charge in [-0.2, -0.15) is 75.8 Å². The van der Waals surface area contributed by atoms with Crippen molar-refractivity contribution in [2.45, 2.75) is 196 Å². The van der Waals surface area contributed by atoms with Crippen LogP contribution in [-0.4, -0.2) is 246 Å². The zero-order valence-electron chi connectivity index (χ0n) is 43.5. The van der Waals surface area contributed by atoms with E-state index in [2.05, 4.69) is 37.6 Å². The number of rotatable bonds is 32. The highest BCUT2D eigenvalue weighted by atomic mass is 32.3. The van der Waals surface area contributed by atoms with E-state index in [1.165, 1.54) is 0 Å². The van der Waals surface area contributed by atoms with Crippen LogP contribution in [0.15, 0.2) is 0 Å². The van der Waals surface area contributed by atoms with Crippen LogP contribution in [0.25, 0.3) is 0 Å². The molecule has 504 valence electrons. The predicted octanol–water partition coefficient (Wildman–Crippen LogP) is -3.81. The molecule has 0 bridgehead atoms. The highest BCUT2D eigenvalue weighted by Crippen LogP contribution is 2.41. The third-order valence-electron chi connectivity index (χ3n) is 11.7. The van der Waals surface area contributed by atoms with Crippen molar-refractivity contribution in [2.24, 2.45) is 0 Å². The smallest absolute Gasteiger partial charge is 0.350 e. The molecule has 0 saturated carbocycles. The van der Waals surface area contributed by atoms with Gasteiger partial charge >= 0.3 is 93.6 Å². The van der Waals surface area contributed by atoms with Gasteiger partial charge in [0, 0.05) is 6.61 Å². The molecule has 0 aromatic heterocycles. The van der Waals surface area contributed by atoms with E-state index >= 15 is 0 Å². The van der Waals surface area contributed by atoms with Crippen LogP contribution in [0.1, 0.15) is 73.1 Å². The summed E-state index contributed by atoms with van der Waals surface area (Å²) in [6.45, 7) is 4.77. The Balaban J connectivity index is 1.86. The van der Waals surface area contributed by atoms with E-state index in [9.17, 15) is 117 Å². The van der Waals surface area contributed by atoms with Gasteiger partial charge in [-0.3, -0.25) is 41.0 Å². The van der Waals surface area contributed by atoms with E-state index in [0.29, 0.717) is 26.7 Å². The lowest BCUT2D eigenvalue weighted by Crippen LogP contribution is -2.68. The summed E-state index contributed by atoms with van der Waals surface area (Å²) in [5.41, 5.74) is 0. The van der Waals surface area contributed by atoms with E-state index in [-0.39, 0.29) is 13.0 Å². The second-order valence-electron chi connectivity index (χ2n) is 18.2. The maximum absolute atomic E-state index is 12.6. The Kier molecular flexibility index (Phi) is 26.3. The molecule has 0 radical (unpaired) electrons. The van der Waals surface area contributed by atoms with Crippen LogP contribution >= 0.6 is 0 Å². The lowest BCUT2D eigenvalue weighted by molar-refractivity contribution is -0.372. The van der Waals surface area contributed by atoms with Crippen molar-refractivity contribution < 1.29 is 192 Å². The molecule has 44 nitrogen and oxygen atoms in total. The Hall–Kier alpha value is -1.49. The fraction of sp³-hybridized carbons (Fsp3) is 1.00. The van der Waals surface area contributed by atoms with Crippen LogP contribution in [0.4, 0.5) is 0 Å². The second kappa shape index (κ2) is 29.4. The van der Waals surface area contributed by atoms with Crippen molar-refractivity contribution in [1.29, 1.82) is 0 Å². The van der Waals surface area contributed by atoms with Crippen molar-refractivity contribution in [3.8, 4) is 0 Å². The predicted molar refractivity (Wildman–Crippen MR) is 259 cm³/mol. The van der Waals surface area contributed by atoms with E-state index in [0.717, 1.165) is 33.1 Å².